The molecular formula is C12H10FN5. The largest absolute Gasteiger partial charge is 0.384 e. The highest BCUT2D eigenvalue weighted by molar-refractivity contribution is 5.65. The van der Waals surface area contributed by atoms with Crippen molar-refractivity contribution in [3.05, 3.63) is 41.5 Å². The van der Waals surface area contributed by atoms with Crippen LogP contribution in [0.2, 0.25) is 0 Å². The van der Waals surface area contributed by atoms with E-state index in [4.69, 9.17) is 11.0 Å². The van der Waals surface area contributed by atoms with Crippen molar-refractivity contribution in [1.82, 2.24) is 9.97 Å². The maximum atomic E-state index is 13.0. The van der Waals surface area contributed by atoms with E-state index in [1.807, 2.05) is 6.07 Å². The fourth-order valence-corrected chi connectivity index (χ4v) is 1.51. The van der Waals surface area contributed by atoms with E-state index >= 15 is 0 Å². The zero-order valence-electron chi connectivity index (χ0n) is 9.61. The van der Waals surface area contributed by atoms with Gasteiger partial charge in [0.2, 0.25) is 0 Å². The summed E-state index contributed by atoms with van der Waals surface area (Å²) >= 11 is 0. The first-order chi connectivity index (χ1) is 8.58. The number of hydrogen-bond acceptors (Lipinski definition) is 5. The van der Waals surface area contributed by atoms with E-state index in [1.54, 1.807) is 6.92 Å². The lowest BCUT2D eigenvalue weighted by atomic mass is 10.2. The Hall–Kier alpha value is -2.68. The molecule has 3 N–H and O–H groups in total. The lowest BCUT2D eigenvalue weighted by Crippen LogP contribution is -2.01. The number of nitrogens with two attached hydrogens (primary N) is 1. The van der Waals surface area contributed by atoms with E-state index in [2.05, 4.69) is 15.3 Å². The van der Waals surface area contributed by atoms with Crippen molar-refractivity contribution in [2.45, 2.75) is 6.92 Å². The fourth-order valence-electron chi connectivity index (χ4n) is 1.51. The number of hydrogen-bond donors (Lipinski definition) is 2. The van der Waals surface area contributed by atoms with Gasteiger partial charge in [-0.3, -0.25) is 0 Å². The van der Waals surface area contributed by atoms with Gasteiger partial charge < -0.3 is 11.1 Å². The van der Waals surface area contributed by atoms with Crippen LogP contribution in [0.5, 0.6) is 0 Å². The molecule has 0 saturated heterocycles. The molecule has 5 nitrogen and oxygen atoms in total. The van der Waals surface area contributed by atoms with Crippen LogP contribution in [-0.4, -0.2) is 9.97 Å². The van der Waals surface area contributed by atoms with Crippen LogP contribution in [0.3, 0.4) is 0 Å². The summed E-state index contributed by atoms with van der Waals surface area (Å²) in [5, 5.41) is 11.8. The number of halogens is 1. The second-order valence-electron chi connectivity index (χ2n) is 3.65. The van der Waals surface area contributed by atoms with Gasteiger partial charge in [0, 0.05) is 6.07 Å². The maximum absolute atomic E-state index is 13.0. The van der Waals surface area contributed by atoms with Crippen LogP contribution in [0, 0.1) is 24.1 Å². The number of nitrogen functional groups attached to an aromatic ring is 1. The minimum atomic E-state index is -0.463. The van der Waals surface area contributed by atoms with Crippen LogP contribution < -0.4 is 11.1 Å². The highest BCUT2D eigenvalue weighted by Crippen LogP contribution is 2.21. The standard InChI is InChI=1S/C12H10FN5/c1-7-16-11(15)5-12(17-7)18-10-3-2-9(13)4-8(10)6-14/h2-5H,1H3,(H3,15,16,17,18). The molecule has 1 aromatic heterocycles. The van der Waals surface area contributed by atoms with Crippen LogP contribution >= 0.6 is 0 Å². The zero-order valence-corrected chi connectivity index (χ0v) is 9.61. The number of rotatable bonds is 2. The number of nitriles is 1. The molecule has 6 heteroatoms. The van der Waals surface area contributed by atoms with Crippen molar-refractivity contribution < 1.29 is 4.39 Å². The normalized spacial score (nSPS) is 9.83. The van der Waals surface area contributed by atoms with Gasteiger partial charge in [0.25, 0.3) is 0 Å². The summed E-state index contributed by atoms with van der Waals surface area (Å²) in [6.45, 7) is 1.71. The lowest BCUT2D eigenvalue weighted by Gasteiger charge is -2.08. The summed E-state index contributed by atoms with van der Waals surface area (Å²) in [7, 11) is 0. The molecule has 0 atom stereocenters. The minimum Gasteiger partial charge on any atom is -0.384 e. The molecule has 0 saturated carbocycles. The smallest absolute Gasteiger partial charge is 0.136 e. The van der Waals surface area contributed by atoms with Gasteiger partial charge in [0.15, 0.2) is 0 Å². The van der Waals surface area contributed by atoms with E-state index in [9.17, 15) is 4.39 Å². The fraction of sp³-hybridized carbons (Fsp3) is 0.0833. The molecule has 0 bridgehead atoms. The number of aromatic nitrogens is 2. The Morgan fingerprint density at radius 2 is 2.11 bits per heavy atom. The molecule has 2 aromatic rings. The SMILES string of the molecule is Cc1nc(N)cc(Nc2ccc(F)cc2C#N)n1. The maximum Gasteiger partial charge on any atom is 0.136 e. The van der Waals surface area contributed by atoms with Gasteiger partial charge in [-0.15, -0.1) is 0 Å². The van der Waals surface area contributed by atoms with Gasteiger partial charge in [-0.2, -0.15) is 5.26 Å². The molecule has 2 rings (SSSR count). The third kappa shape index (κ3) is 2.52. The molecule has 90 valence electrons. The number of benzene rings is 1. The van der Waals surface area contributed by atoms with Crippen LogP contribution in [0.25, 0.3) is 0 Å². The van der Waals surface area contributed by atoms with E-state index < -0.39 is 5.82 Å². The molecule has 0 amide bonds. The average molecular weight is 243 g/mol. The third-order valence-electron chi connectivity index (χ3n) is 2.22. The van der Waals surface area contributed by atoms with Gasteiger partial charge >= 0.3 is 0 Å². The molecule has 0 spiro atoms. The Morgan fingerprint density at radius 1 is 1.33 bits per heavy atom. The summed E-state index contributed by atoms with van der Waals surface area (Å²) in [4.78, 5) is 8.06. The minimum absolute atomic E-state index is 0.199. The number of nitrogens with one attached hydrogen (secondary N) is 1. The topological polar surface area (TPSA) is 87.6 Å². The molecule has 0 fully saturated rings. The second kappa shape index (κ2) is 4.67. The highest BCUT2D eigenvalue weighted by Gasteiger charge is 2.06. The molecule has 0 aliphatic heterocycles. The van der Waals surface area contributed by atoms with Crippen LogP contribution in [0.1, 0.15) is 11.4 Å². The Labute approximate surface area is 103 Å². The van der Waals surface area contributed by atoms with E-state index in [1.165, 1.54) is 18.2 Å². The van der Waals surface area contributed by atoms with E-state index in [0.29, 0.717) is 23.1 Å². The summed E-state index contributed by atoms with van der Waals surface area (Å²) in [5.74, 6) is 0.835. The Kier molecular flexibility index (Phi) is 3.06. The molecule has 18 heavy (non-hydrogen) atoms. The number of nitrogens with zero attached hydrogens (tertiary/aromatic N) is 3. The number of anilines is 3. The first-order valence-corrected chi connectivity index (χ1v) is 5.16. The predicted octanol–water partition coefficient (Wildman–Crippen LogP) is 2.12. The van der Waals surface area contributed by atoms with Crippen molar-refractivity contribution in [1.29, 1.82) is 5.26 Å². The van der Waals surface area contributed by atoms with Crippen LogP contribution in [0.4, 0.5) is 21.7 Å². The third-order valence-corrected chi connectivity index (χ3v) is 2.22. The Balaban J connectivity index is 2.37. The summed E-state index contributed by atoms with van der Waals surface area (Å²) in [5.41, 5.74) is 6.26. The quantitative estimate of drug-likeness (QED) is 0.843. The van der Waals surface area contributed by atoms with Gasteiger partial charge in [-0.1, -0.05) is 0 Å². The van der Waals surface area contributed by atoms with Crippen LogP contribution in [0.15, 0.2) is 24.3 Å². The van der Waals surface area contributed by atoms with E-state index in [-0.39, 0.29) is 5.56 Å². The summed E-state index contributed by atoms with van der Waals surface area (Å²) in [6, 6.07) is 7.34. The molecule has 1 aromatic carbocycles. The van der Waals surface area contributed by atoms with Crippen molar-refractivity contribution >= 4 is 17.3 Å². The first kappa shape index (κ1) is 11.8. The van der Waals surface area contributed by atoms with Crippen molar-refractivity contribution in [3.8, 4) is 6.07 Å². The molecular weight excluding hydrogens is 233 g/mol. The monoisotopic (exact) mass is 243 g/mol. The van der Waals surface area contributed by atoms with E-state index in [0.717, 1.165) is 6.07 Å². The van der Waals surface area contributed by atoms with Crippen molar-refractivity contribution in [3.63, 3.8) is 0 Å². The Bertz CT molecular complexity index is 613. The average Bonchev–Trinajstić information content (AvgIpc) is 2.30. The molecule has 0 aliphatic rings. The summed E-state index contributed by atoms with van der Waals surface area (Å²) < 4.78 is 13.0. The Morgan fingerprint density at radius 3 is 2.78 bits per heavy atom. The lowest BCUT2D eigenvalue weighted by molar-refractivity contribution is 0.627. The molecule has 0 aliphatic carbocycles. The molecule has 0 radical (unpaired) electrons. The van der Waals surface area contributed by atoms with Gasteiger partial charge in [0.05, 0.1) is 11.3 Å². The van der Waals surface area contributed by atoms with Crippen LogP contribution in [-0.2, 0) is 0 Å². The molecule has 0 unspecified atom stereocenters. The molecule has 1 heterocycles. The second-order valence-corrected chi connectivity index (χ2v) is 3.65. The number of aryl methyl sites for hydroxylation is 1. The summed E-state index contributed by atoms with van der Waals surface area (Å²) in [6.07, 6.45) is 0. The predicted molar refractivity (Wildman–Crippen MR) is 65.6 cm³/mol. The van der Waals surface area contributed by atoms with Crippen molar-refractivity contribution in [2.75, 3.05) is 11.1 Å². The van der Waals surface area contributed by atoms with Gasteiger partial charge in [-0.05, 0) is 25.1 Å². The van der Waals surface area contributed by atoms with Crippen molar-refractivity contribution in [2.24, 2.45) is 0 Å². The van der Waals surface area contributed by atoms with Gasteiger partial charge in [0.1, 0.15) is 29.3 Å². The zero-order chi connectivity index (χ0) is 13.1. The van der Waals surface area contributed by atoms with Gasteiger partial charge in [-0.25, -0.2) is 14.4 Å². The first-order valence-electron chi connectivity index (χ1n) is 5.16. The highest BCUT2D eigenvalue weighted by atomic mass is 19.1.